The summed E-state index contributed by atoms with van der Waals surface area (Å²) in [6.45, 7) is 8.74. The maximum Gasteiger partial charge on any atom is 0.246 e. The van der Waals surface area contributed by atoms with Crippen LogP contribution in [0.25, 0.3) is 0 Å². The zero-order chi connectivity index (χ0) is 10.6. The number of hydrogen-bond donors (Lipinski definition) is 0. The lowest BCUT2D eigenvalue weighted by Crippen LogP contribution is -2.40. The smallest absolute Gasteiger partial charge is 0.246 e. The monoisotopic (exact) mass is 195 g/mol. The second-order valence-corrected chi connectivity index (χ2v) is 4.53. The van der Waals surface area contributed by atoms with Gasteiger partial charge in [0, 0.05) is 12.6 Å². The van der Waals surface area contributed by atoms with E-state index in [0.717, 1.165) is 6.54 Å². The van der Waals surface area contributed by atoms with Crippen molar-refractivity contribution in [1.29, 1.82) is 0 Å². The molecule has 0 aromatic heterocycles. The molecule has 1 saturated carbocycles. The van der Waals surface area contributed by atoms with E-state index in [1.54, 1.807) is 0 Å². The molecule has 2 heteroatoms. The SMILES string of the molecule is C=CC(=O)N(CC(C)C)C1CCCC1. The van der Waals surface area contributed by atoms with Crippen molar-refractivity contribution in [3.8, 4) is 0 Å². The van der Waals surface area contributed by atoms with Gasteiger partial charge in [0.15, 0.2) is 0 Å². The topological polar surface area (TPSA) is 20.3 Å². The first-order chi connectivity index (χ1) is 6.65. The predicted octanol–water partition coefficient (Wildman–Crippen LogP) is 2.60. The standard InChI is InChI=1S/C12H21NO/c1-4-12(14)13(9-10(2)3)11-7-5-6-8-11/h4,10-11H,1,5-9H2,2-3H3. The Morgan fingerprint density at radius 2 is 2.07 bits per heavy atom. The second kappa shape index (κ2) is 5.18. The third kappa shape index (κ3) is 2.86. The fourth-order valence-corrected chi connectivity index (χ4v) is 2.15. The van der Waals surface area contributed by atoms with Gasteiger partial charge in [0.2, 0.25) is 5.91 Å². The fourth-order valence-electron chi connectivity index (χ4n) is 2.15. The predicted molar refractivity (Wildman–Crippen MR) is 59.0 cm³/mol. The third-order valence-electron chi connectivity index (χ3n) is 2.79. The summed E-state index contributed by atoms with van der Waals surface area (Å²) in [5, 5.41) is 0. The Labute approximate surface area is 87.0 Å². The van der Waals surface area contributed by atoms with E-state index in [1.165, 1.54) is 31.8 Å². The molecule has 0 N–H and O–H groups in total. The van der Waals surface area contributed by atoms with E-state index in [9.17, 15) is 4.79 Å². The molecule has 0 aromatic rings. The summed E-state index contributed by atoms with van der Waals surface area (Å²) < 4.78 is 0. The van der Waals surface area contributed by atoms with E-state index in [0.29, 0.717) is 12.0 Å². The summed E-state index contributed by atoms with van der Waals surface area (Å²) in [7, 11) is 0. The number of carbonyl (C=O) groups is 1. The molecule has 1 amide bonds. The summed E-state index contributed by atoms with van der Waals surface area (Å²) in [6.07, 6.45) is 6.33. The minimum absolute atomic E-state index is 0.102. The van der Waals surface area contributed by atoms with E-state index in [2.05, 4.69) is 20.4 Å². The molecule has 0 atom stereocenters. The average molecular weight is 195 g/mol. The van der Waals surface area contributed by atoms with Gasteiger partial charge in [-0.2, -0.15) is 0 Å². The maximum absolute atomic E-state index is 11.6. The van der Waals surface area contributed by atoms with Crippen LogP contribution in [-0.2, 0) is 4.79 Å². The van der Waals surface area contributed by atoms with Crippen molar-refractivity contribution in [3.63, 3.8) is 0 Å². The Morgan fingerprint density at radius 1 is 1.50 bits per heavy atom. The highest BCUT2D eigenvalue weighted by Gasteiger charge is 2.25. The molecular formula is C12H21NO. The van der Waals surface area contributed by atoms with Crippen LogP contribution < -0.4 is 0 Å². The zero-order valence-electron chi connectivity index (χ0n) is 9.33. The molecule has 0 spiro atoms. The van der Waals surface area contributed by atoms with Crippen LogP contribution in [0.1, 0.15) is 39.5 Å². The molecule has 0 heterocycles. The molecule has 2 nitrogen and oxygen atoms in total. The van der Waals surface area contributed by atoms with Crippen LogP contribution in [0.3, 0.4) is 0 Å². The molecule has 0 aromatic carbocycles. The molecule has 80 valence electrons. The molecule has 1 fully saturated rings. The first-order valence-corrected chi connectivity index (χ1v) is 5.58. The quantitative estimate of drug-likeness (QED) is 0.631. The average Bonchev–Trinajstić information content (AvgIpc) is 2.65. The van der Waals surface area contributed by atoms with Gasteiger partial charge in [-0.15, -0.1) is 0 Å². The summed E-state index contributed by atoms with van der Waals surface area (Å²) in [4.78, 5) is 13.6. The van der Waals surface area contributed by atoms with Gasteiger partial charge in [0.05, 0.1) is 0 Å². The van der Waals surface area contributed by atoms with Crippen molar-refractivity contribution >= 4 is 5.91 Å². The van der Waals surface area contributed by atoms with Gasteiger partial charge in [-0.1, -0.05) is 33.3 Å². The van der Waals surface area contributed by atoms with Crippen LogP contribution in [-0.4, -0.2) is 23.4 Å². The third-order valence-corrected chi connectivity index (χ3v) is 2.79. The van der Waals surface area contributed by atoms with Gasteiger partial charge >= 0.3 is 0 Å². The molecule has 1 aliphatic rings. The Balaban J connectivity index is 2.59. The number of carbonyl (C=O) groups excluding carboxylic acids is 1. The Morgan fingerprint density at radius 3 is 2.50 bits per heavy atom. The van der Waals surface area contributed by atoms with Crippen LogP contribution in [0.4, 0.5) is 0 Å². The lowest BCUT2D eigenvalue weighted by molar-refractivity contribution is -0.128. The number of rotatable bonds is 4. The summed E-state index contributed by atoms with van der Waals surface area (Å²) in [5.41, 5.74) is 0. The molecule has 0 aliphatic heterocycles. The number of hydrogen-bond acceptors (Lipinski definition) is 1. The van der Waals surface area contributed by atoms with E-state index in [1.807, 2.05) is 4.90 Å². The molecule has 0 bridgehead atoms. The highest BCUT2D eigenvalue weighted by atomic mass is 16.2. The van der Waals surface area contributed by atoms with E-state index in [-0.39, 0.29) is 5.91 Å². The fraction of sp³-hybridized carbons (Fsp3) is 0.750. The molecule has 14 heavy (non-hydrogen) atoms. The maximum atomic E-state index is 11.6. The van der Waals surface area contributed by atoms with Crippen LogP contribution in [0.15, 0.2) is 12.7 Å². The Hall–Kier alpha value is -0.790. The van der Waals surface area contributed by atoms with Crippen molar-refractivity contribution in [2.45, 2.75) is 45.6 Å². The van der Waals surface area contributed by atoms with Crippen LogP contribution in [0.5, 0.6) is 0 Å². The highest BCUT2D eigenvalue weighted by Crippen LogP contribution is 2.24. The first kappa shape index (κ1) is 11.3. The normalized spacial score (nSPS) is 17.4. The molecule has 1 aliphatic carbocycles. The number of nitrogens with zero attached hydrogens (tertiary/aromatic N) is 1. The van der Waals surface area contributed by atoms with E-state index >= 15 is 0 Å². The summed E-state index contributed by atoms with van der Waals surface area (Å²) in [6, 6.07) is 0.475. The van der Waals surface area contributed by atoms with Gasteiger partial charge in [-0.3, -0.25) is 4.79 Å². The van der Waals surface area contributed by atoms with Crippen molar-refractivity contribution in [1.82, 2.24) is 4.90 Å². The van der Waals surface area contributed by atoms with Crippen LogP contribution in [0, 0.1) is 5.92 Å². The minimum Gasteiger partial charge on any atom is -0.336 e. The van der Waals surface area contributed by atoms with Gasteiger partial charge in [0.25, 0.3) is 0 Å². The second-order valence-electron chi connectivity index (χ2n) is 4.53. The Kier molecular flexibility index (Phi) is 4.18. The van der Waals surface area contributed by atoms with Gasteiger partial charge < -0.3 is 4.90 Å². The van der Waals surface area contributed by atoms with Crippen LogP contribution >= 0.6 is 0 Å². The van der Waals surface area contributed by atoms with Crippen molar-refractivity contribution in [2.24, 2.45) is 5.92 Å². The van der Waals surface area contributed by atoms with Crippen molar-refractivity contribution in [3.05, 3.63) is 12.7 Å². The summed E-state index contributed by atoms with van der Waals surface area (Å²) >= 11 is 0. The van der Waals surface area contributed by atoms with Crippen LogP contribution in [0.2, 0.25) is 0 Å². The van der Waals surface area contributed by atoms with E-state index < -0.39 is 0 Å². The summed E-state index contributed by atoms with van der Waals surface area (Å²) in [5.74, 6) is 0.644. The van der Waals surface area contributed by atoms with Crippen molar-refractivity contribution < 1.29 is 4.79 Å². The first-order valence-electron chi connectivity index (χ1n) is 5.58. The zero-order valence-corrected chi connectivity index (χ0v) is 9.33. The van der Waals surface area contributed by atoms with Gasteiger partial charge in [-0.25, -0.2) is 0 Å². The molecule has 0 radical (unpaired) electrons. The molecule has 0 saturated heterocycles. The largest absolute Gasteiger partial charge is 0.336 e. The lowest BCUT2D eigenvalue weighted by Gasteiger charge is -2.29. The lowest BCUT2D eigenvalue weighted by atomic mass is 10.1. The Bertz CT molecular complexity index is 204. The number of amides is 1. The van der Waals surface area contributed by atoms with Gasteiger partial charge in [0.1, 0.15) is 0 Å². The minimum atomic E-state index is 0.102. The van der Waals surface area contributed by atoms with Crippen molar-refractivity contribution in [2.75, 3.05) is 6.54 Å². The molecular weight excluding hydrogens is 174 g/mol. The molecule has 1 rings (SSSR count). The van der Waals surface area contributed by atoms with Gasteiger partial charge in [-0.05, 0) is 24.8 Å². The highest BCUT2D eigenvalue weighted by molar-refractivity contribution is 5.87. The molecule has 0 unspecified atom stereocenters. The van der Waals surface area contributed by atoms with E-state index in [4.69, 9.17) is 0 Å².